The molecular formula is C17H18S. The summed E-state index contributed by atoms with van der Waals surface area (Å²) in [6, 6.07) is 13.1. The summed E-state index contributed by atoms with van der Waals surface area (Å²) in [4.78, 5) is 2.39. The molecule has 0 atom stereocenters. The summed E-state index contributed by atoms with van der Waals surface area (Å²) in [5.41, 5.74) is 2.50. The van der Waals surface area contributed by atoms with E-state index in [-0.39, 0.29) is 0 Å². The van der Waals surface area contributed by atoms with E-state index in [0.717, 1.165) is 4.91 Å². The Morgan fingerprint density at radius 2 is 1.83 bits per heavy atom. The predicted octanol–water partition coefficient (Wildman–Crippen LogP) is 5.78. The van der Waals surface area contributed by atoms with Crippen LogP contribution in [0.3, 0.4) is 0 Å². The van der Waals surface area contributed by atoms with Crippen molar-refractivity contribution in [1.29, 1.82) is 0 Å². The molecule has 92 valence electrons. The first kappa shape index (κ1) is 13.0. The molecule has 18 heavy (non-hydrogen) atoms. The molecule has 0 heterocycles. The number of thioether (sulfide) groups is 1. The highest BCUT2D eigenvalue weighted by atomic mass is 32.2. The molecule has 0 saturated heterocycles. The van der Waals surface area contributed by atoms with E-state index in [1.165, 1.54) is 26.8 Å². The Balaban J connectivity index is 2.37. The SMILES string of the molecule is C=C(S/C(C)=C\C)c1ccc2ccc(C)cc2c1. The van der Waals surface area contributed by atoms with Crippen LogP contribution in [0.2, 0.25) is 0 Å². The Morgan fingerprint density at radius 3 is 2.56 bits per heavy atom. The van der Waals surface area contributed by atoms with Gasteiger partial charge < -0.3 is 0 Å². The fourth-order valence-electron chi connectivity index (χ4n) is 1.85. The molecule has 0 aliphatic heterocycles. The van der Waals surface area contributed by atoms with Crippen LogP contribution >= 0.6 is 11.8 Å². The van der Waals surface area contributed by atoms with Crippen LogP contribution in [0.15, 0.2) is 54.0 Å². The number of hydrogen-bond acceptors (Lipinski definition) is 1. The van der Waals surface area contributed by atoms with Crippen LogP contribution in [0.4, 0.5) is 0 Å². The maximum Gasteiger partial charge on any atom is 0.0119 e. The number of allylic oxidation sites excluding steroid dienone is 2. The highest BCUT2D eigenvalue weighted by Crippen LogP contribution is 2.33. The number of aryl methyl sites for hydroxylation is 1. The van der Waals surface area contributed by atoms with Gasteiger partial charge in [-0.1, -0.05) is 60.3 Å². The molecule has 2 aromatic rings. The van der Waals surface area contributed by atoms with Crippen LogP contribution in [0.25, 0.3) is 15.7 Å². The Labute approximate surface area is 113 Å². The minimum absolute atomic E-state index is 1.11. The van der Waals surface area contributed by atoms with Gasteiger partial charge in [0.15, 0.2) is 0 Å². The summed E-state index contributed by atoms with van der Waals surface area (Å²) in [7, 11) is 0. The molecule has 0 saturated carbocycles. The van der Waals surface area contributed by atoms with Crippen LogP contribution in [0.5, 0.6) is 0 Å². The molecular weight excluding hydrogens is 236 g/mol. The zero-order valence-electron chi connectivity index (χ0n) is 11.2. The van der Waals surface area contributed by atoms with E-state index in [1.54, 1.807) is 11.8 Å². The Kier molecular flexibility index (Phi) is 3.93. The second kappa shape index (κ2) is 5.45. The quantitative estimate of drug-likeness (QED) is 0.669. The van der Waals surface area contributed by atoms with E-state index in [1.807, 2.05) is 0 Å². The van der Waals surface area contributed by atoms with E-state index in [0.29, 0.717) is 0 Å². The normalized spacial score (nSPS) is 11.8. The van der Waals surface area contributed by atoms with Gasteiger partial charge in [-0.2, -0.15) is 0 Å². The van der Waals surface area contributed by atoms with Crippen molar-refractivity contribution in [2.24, 2.45) is 0 Å². The van der Waals surface area contributed by atoms with Crippen LogP contribution in [0.1, 0.15) is 25.0 Å². The zero-order valence-corrected chi connectivity index (χ0v) is 12.0. The Bertz CT molecular complexity index is 621. The van der Waals surface area contributed by atoms with Crippen molar-refractivity contribution in [1.82, 2.24) is 0 Å². The fraction of sp³-hybridized carbons (Fsp3) is 0.176. The van der Waals surface area contributed by atoms with Crippen molar-refractivity contribution in [3.63, 3.8) is 0 Å². The van der Waals surface area contributed by atoms with Gasteiger partial charge in [0, 0.05) is 4.91 Å². The lowest BCUT2D eigenvalue weighted by Crippen LogP contribution is -1.81. The first-order valence-electron chi connectivity index (χ1n) is 6.10. The van der Waals surface area contributed by atoms with Gasteiger partial charge in [-0.05, 0) is 48.1 Å². The molecule has 0 N–H and O–H groups in total. The van der Waals surface area contributed by atoms with Crippen molar-refractivity contribution in [3.8, 4) is 0 Å². The minimum atomic E-state index is 1.11. The van der Waals surface area contributed by atoms with Gasteiger partial charge in [-0.3, -0.25) is 0 Å². The van der Waals surface area contributed by atoms with Gasteiger partial charge in [0.25, 0.3) is 0 Å². The van der Waals surface area contributed by atoms with Crippen LogP contribution < -0.4 is 0 Å². The van der Waals surface area contributed by atoms with Crippen LogP contribution in [0, 0.1) is 6.92 Å². The Hall–Kier alpha value is -1.47. The second-order valence-corrected chi connectivity index (χ2v) is 5.83. The van der Waals surface area contributed by atoms with Crippen molar-refractivity contribution < 1.29 is 0 Å². The molecule has 0 fully saturated rings. The summed E-state index contributed by atoms with van der Waals surface area (Å²) < 4.78 is 0. The topological polar surface area (TPSA) is 0 Å². The number of hydrogen-bond donors (Lipinski definition) is 0. The molecule has 0 aliphatic rings. The summed E-state index contributed by atoms with van der Waals surface area (Å²) in [6.07, 6.45) is 2.11. The monoisotopic (exact) mass is 254 g/mol. The first-order valence-corrected chi connectivity index (χ1v) is 6.92. The van der Waals surface area contributed by atoms with E-state index < -0.39 is 0 Å². The second-order valence-electron chi connectivity index (χ2n) is 4.49. The molecule has 0 aliphatic carbocycles. The fourth-order valence-corrected chi connectivity index (χ4v) is 2.60. The molecule has 2 rings (SSSR count). The molecule has 0 amide bonds. The van der Waals surface area contributed by atoms with Gasteiger partial charge in [-0.15, -0.1) is 0 Å². The van der Waals surface area contributed by atoms with Crippen LogP contribution in [-0.2, 0) is 0 Å². The molecule has 0 spiro atoms. The molecule has 0 unspecified atom stereocenters. The summed E-state index contributed by atoms with van der Waals surface area (Å²) >= 11 is 1.73. The lowest BCUT2D eigenvalue weighted by molar-refractivity contribution is 1.50. The van der Waals surface area contributed by atoms with Gasteiger partial charge in [0.2, 0.25) is 0 Å². The lowest BCUT2D eigenvalue weighted by Gasteiger charge is -2.07. The maximum absolute atomic E-state index is 4.16. The standard InChI is InChI=1S/C17H18S/c1-5-13(3)18-14(4)16-9-8-15-7-6-12(2)10-17(15)11-16/h5-11H,4H2,1-3H3/b13-5-. The molecule has 2 aromatic carbocycles. The minimum Gasteiger partial charge on any atom is -0.0952 e. The summed E-state index contributed by atoms with van der Waals surface area (Å²) in [5.74, 6) is 0. The van der Waals surface area contributed by atoms with Crippen molar-refractivity contribution in [2.45, 2.75) is 20.8 Å². The average Bonchev–Trinajstić information content (AvgIpc) is 2.37. The van der Waals surface area contributed by atoms with E-state index >= 15 is 0 Å². The Morgan fingerprint density at radius 1 is 1.11 bits per heavy atom. The maximum atomic E-state index is 4.16. The van der Waals surface area contributed by atoms with Gasteiger partial charge in [0.1, 0.15) is 0 Å². The lowest BCUT2D eigenvalue weighted by atomic mass is 10.0. The van der Waals surface area contributed by atoms with Gasteiger partial charge in [0.05, 0.1) is 0 Å². The average molecular weight is 254 g/mol. The highest BCUT2D eigenvalue weighted by molar-refractivity contribution is 8.11. The third-order valence-electron chi connectivity index (χ3n) is 3.01. The molecule has 0 radical (unpaired) electrons. The highest BCUT2D eigenvalue weighted by Gasteiger charge is 2.02. The van der Waals surface area contributed by atoms with Gasteiger partial charge in [-0.25, -0.2) is 0 Å². The number of fused-ring (bicyclic) bond motifs is 1. The van der Waals surface area contributed by atoms with Gasteiger partial charge >= 0.3 is 0 Å². The summed E-state index contributed by atoms with van der Waals surface area (Å²) in [6.45, 7) is 10.5. The van der Waals surface area contributed by atoms with Crippen molar-refractivity contribution >= 4 is 27.4 Å². The van der Waals surface area contributed by atoms with Crippen molar-refractivity contribution in [3.05, 3.63) is 65.1 Å². The smallest absolute Gasteiger partial charge is 0.0119 e. The molecule has 0 bridgehead atoms. The predicted molar refractivity (Wildman–Crippen MR) is 84.7 cm³/mol. The van der Waals surface area contributed by atoms with E-state index in [4.69, 9.17) is 0 Å². The molecule has 0 nitrogen and oxygen atoms in total. The van der Waals surface area contributed by atoms with E-state index in [2.05, 4.69) is 69.8 Å². The zero-order chi connectivity index (χ0) is 13.1. The van der Waals surface area contributed by atoms with E-state index in [9.17, 15) is 0 Å². The third-order valence-corrected chi connectivity index (χ3v) is 4.05. The largest absolute Gasteiger partial charge is 0.0952 e. The third kappa shape index (κ3) is 2.85. The van der Waals surface area contributed by atoms with Crippen LogP contribution in [-0.4, -0.2) is 0 Å². The number of rotatable bonds is 3. The molecule has 1 heteroatoms. The van der Waals surface area contributed by atoms with Crippen molar-refractivity contribution in [2.75, 3.05) is 0 Å². The first-order chi connectivity index (χ1) is 8.60. The summed E-state index contributed by atoms with van der Waals surface area (Å²) in [5, 5.41) is 2.57. The molecule has 0 aromatic heterocycles. The number of benzene rings is 2.